The lowest BCUT2D eigenvalue weighted by Gasteiger charge is -2.32. The van der Waals surface area contributed by atoms with E-state index in [0.29, 0.717) is 5.92 Å². The second-order valence-electron chi connectivity index (χ2n) is 8.01. The molecule has 0 radical (unpaired) electrons. The Labute approximate surface area is 145 Å². The molecule has 1 aromatic carbocycles. The van der Waals surface area contributed by atoms with E-state index in [1.807, 2.05) is 19.0 Å². The first-order valence-electron chi connectivity index (χ1n) is 8.77. The normalized spacial score (nSPS) is 26.9. The Hall–Kier alpha value is -1.59. The Balaban J connectivity index is 1.72. The second-order valence-corrected chi connectivity index (χ2v) is 8.01. The average Bonchev–Trinajstić information content (AvgIpc) is 2.99. The fourth-order valence-corrected chi connectivity index (χ4v) is 4.53. The summed E-state index contributed by atoms with van der Waals surface area (Å²) in [6.07, 6.45) is 0. The van der Waals surface area contributed by atoms with Crippen molar-refractivity contribution >= 4 is 6.03 Å². The molecular weight excluding hydrogens is 300 g/mol. The van der Waals surface area contributed by atoms with E-state index in [2.05, 4.69) is 54.2 Å². The monoisotopic (exact) mass is 330 g/mol. The molecule has 2 unspecified atom stereocenters. The molecule has 132 valence electrons. The van der Waals surface area contributed by atoms with E-state index in [1.54, 1.807) is 4.90 Å². The van der Waals surface area contributed by atoms with E-state index in [0.717, 1.165) is 39.3 Å². The van der Waals surface area contributed by atoms with Crippen LogP contribution in [0.1, 0.15) is 5.56 Å². The lowest BCUT2D eigenvalue weighted by atomic mass is 9.80. The van der Waals surface area contributed by atoms with Gasteiger partial charge in [-0.25, -0.2) is 4.79 Å². The molecule has 2 fully saturated rings. The minimum absolute atomic E-state index is 0.150. The van der Waals surface area contributed by atoms with Gasteiger partial charge in [0.2, 0.25) is 0 Å². The second kappa shape index (κ2) is 6.73. The van der Waals surface area contributed by atoms with Gasteiger partial charge >= 0.3 is 6.03 Å². The zero-order valence-electron chi connectivity index (χ0n) is 15.4. The minimum Gasteiger partial charge on any atom is -0.331 e. The number of hydrogen-bond acceptors (Lipinski definition) is 3. The first kappa shape index (κ1) is 17.2. The molecule has 0 spiro atoms. The van der Waals surface area contributed by atoms with Gasteiger partial charge in [0.25, 0.3) is 0 Å². The maximum atomic E-state index is 12.4. The Morgan fingerprint density at radius 1 is 1.12 bits per heavy atom. The van der Waals surface area contributed by atoms with Crippen LogP contribution in [0.5, 0.6) is 0 Å². The van der Waals surface area contributed by atoms with E-state index in [4.69, 9.17) is 0 Å². The molecule has 24 heavy (non-hydrogen) atoms. The van der Waals surface area contributed by atoms with Crippen molar-refractivity contribution in [3.8, 4) is 0 Å². The lowest BCUT2D eigenvalue weighted by Crippen LogP contribution is -2.44. The van der Waals surface area contributed by atoms with Gasteiger partial charge in [-0.3, -0.25) is 4.90 Å². The Morgan fingerprint density at radius 2 is 1.83 bits per heavy atom. The third-order valence-electron chi connectivity index (χ3n) is 5.36. The SMILES string of the molecule is CN(C)CC12CN(Cc3ccccc3)CC1CN(C(=O)N(C)C)C2. The van der Waals surface area contributed by atoms with Crippen LogP contribution in [-0.2, 0) is 6.54 Å². The van der Waals surface area contributed by atoms with Crippen molar-refractivity contribution < 1.29 is 4.79 Å². The molecule has 0 saturated carbocycles. The third kappa shape index (κ3) is 3.42. The molecule has 2 saturated heterocycles. The first-order valence-corrected chi connectivity index (χ1v) is 8.77. The number of carbonyl (C=O) groups excluding carboxylic acids is 1. The zero-order chi connectivity index (χ0) is 17.3. The maximum absolute atomic E-state index is 12.4. The van der Waals surface area contributed by atoms with Crippen molar-refractivity contribution in [2.45, 2.75) is 6.54 Å². The summed E-state index contributed by atoms with van der Waals surface area (Å²) >= 11 is 0. The summed E-state index contributed by atoms with van der Waals surface area (Å²) in [6, 6.07) is 10.8. The first-order chi connectivity index (χ1) is 11.4. The lowest BCUT2D eigenvalue weighted by molar-refractivity contribution is 0.150. The minimum atomic E-state index is 0.150. The molecule has 2 amide bonds. The standard InChI is InChI=1S/C19H30N4O/c1-20(2)13-19-14-22(10-16-8-6-5-7-9-16)11-17(19)12-23(15-19)18(24)21(3)4/h5-9,17H,10-15H2,1-4H3. The number of nitrogens with zero attached hydrogens (tertiary/aromatic N) is 4. The highest BCUT2D eigenvalue weighted by Gasteiger charge is 2.53. The fourth-order valence-electron chi connectivity index (χ4n) is 4.53. The number of benzene rings is 1. The Bertz CT molecular complexity index is 574. The number of hydrogen-bond donors (Lipinski definition) is 0. The fraction of sp³-hybridized carbons (Fsp3) is 0.632. The molecule has 2 heterocycles. The number of fused-ring (bicyclic) bond motifs is 1. The largest absolute Gasteiger partial charge is 0.331 e. The van der Waals surface area contributed by atoms with Crippen LogP contribution in [-0.4, -0.2) is 86.5 Å². The van der Waals surface area contributed by atoms with Crippen molar-refractivity contribution in [2.24, 2.45) is 11.3 Å². The van der Waals surface area contributed by atoms with Gasteiger partial charge in [-0.1, -0.05) is 30.3 Å². The number of likely N-dealkylation sites (tertiary alicyclic amines) is 2. The van der Waals surface area contributed by atoms with Gasteiger partial charge in [-0.15, -0.1) is 0 Å². The number of rotatable bonds is 4. The van der Waals surface area contributed by atoms with Gasteiger partial charge in [-0.05, 0) is 25.6 Å². The zero-order valence-corrected chi connectivity index (χ0v) is 15.4. The van der Waals surface area contributed by atoms with Crippen LogP contribution in [0.15, 0.2) is 30.3 Å². The summed E-state index contributed by atoms with van der Waals surface area (Å²) in [6.45, 7) is 5.96. The van der Waals surface area contributed by atoms with Gasteiger partial charge in [0.1, 0.15) is 0 Å². The van der Waals surface area contributed by atoms with E-state index < -0.39 is 0 Å². The number of urea groups is 1. The van der Waals surface area contributed by atoms with Crippen LogP contribution in [0.4, 0.5) is 4.79 Å². The van der Waals surface area contributed by atoms with Crippen molar-refractivity contribution in [3.63, 3.8) is 0 Å². The predicted molar refractivity (Wildman–Crippen MR) is 96.9 cm³/mol. The van der Waals surface area contributed by atoms with E-state index in [-0.39, 0.29) is 11.4 Å². The molecule has 5 heteroatoms. The highest BCUT2D eigenvalue weighted by atomic mass is 16.2. The molecule has 3 rings (SSSR count). The molecule has 0 N–H and O–H groups in total. The molecule has 2 atom stereocenters. The topological polar surface area (TPSA) is 30.0 Å². The van der Waals surface area contributed by atoms with E-state index >= 15 is 0 Å². The molecule has 0 aromatic heterocycles. The summed E-state index contributed by atoms with van der Waals surface area (Å²) in [5.74, 6) is 0.563. The Kier molecular flexibility index (Phi) is 4.83. The van der Waals surface area contributed by atoms with Gasteiger partial charge in [0.05, 0.1) is 0 Å². The molecule has 0 aliphatic carbocycles. The number of carbonyl (C=O) groups is 1. The highest BCUT2D eigenvalue weighted by Crippen LogP contribution is 2.43. The predicted octanol–water partition coefficient (Wildman–Crippen LogP) is 1.66. The van der Waals surface area contributed by atoms with Gasteiger partial charge in [0, 0.05) is 58.8 Å². The van der Waals surface area contributed by atoms with Gasteiger partial charge in [-0.2, -0.15) is 0 Å². The summed E-state index contributed by atoms with van der Waals surface area (Å²) in [7, 11) is 7.97. The summed E-state index contributed by atoms with van der Waals surface area (Å²) in [5, 5.41) is 0. The van der Waals surface area contributed by atoms with E-state index in [9.17, 15) is 4.79 Å². The summed E-state index contributed by atoms with van der Waals surface area (Å²) < 4.78 is 0. The van der Waals surface area contributed by atoms with Crippen LogP contribution in [0.3, 0.4) is 0 Å². The van der Waals surface area contributed by atoms with Crippen LogP contribution in [0, 0.1) is 11.3 Å². The van der Waals surface area contributed by atoms with Crippen molar-refractivity contribution in [3.05, 3.63) is 35.9 Å². The maximum Gasteiger partial charge on any atom is 0.319 e. The highest BCUT2D eigenvalue weighted by molar-refractivity contribution is 5.74. The van der Waals surface area contributed by atoms with Crippen LogP contribution >= 0.6 is 0 Å². The Morgan fingerprint density at radius 3 is 2.46 bits per heavy atom. The quantitative estimate of drug-likeness (QED) is 0.841. The molecular formula is C19H30N4O. The van der Waals surface area contributed by atoms with Crippen molar-refractivity contribution in [2.75, 3.05) is 60.9 Å². The van der Waals surface area contributed by atoms with E-state index in [1.165, 1.54) is 5.56 Å². The molecule has 5 nitrogen and oxygen atoms in total. The molecule has 1 aromatic rings. The van der Waals surface area contributed by atoms with Crippen molar-refractivity contribution in [1.82, 2.24) is 19.6 Å². The third-order valence-corrected chi connectivity index (χ3v) is 5.36. The van der Waals surface area contributed by atoms with Crippen LogP contribution < -0.4 is 0 Å². The smallest absolute Gasteiger partial charge is 0.319 e. The van der Waals surface area contributed by atoms with Crippen molar-refractivity contribution in [1.29, 1.82) is 0 Å². The van der Waals surface area contributed by atoms with Gasteiger partial charge in [0.15, 0.2) is 0 Å². The summed E-state index contributed by atoms with van der Waals surface area (Å²) in [5.41, 5.74) is 1.57. The molecule has 2 aliphatic heterocycles. The summed E-state index contributed by atoms with van der Waals surface area (Å²) in [4.78, 5) is 21.0. The van der Waals surface area contributed by atoms with Crippen LogP contribution in [0.25, 0.3) is 0 Å². The molecule has 0 bridgehead atoms. The number of amides is 2. The average molecular weight is 330 g/mol. The van der Waals surface area contributed by atoms with Gasteiger partial charge < -0.3 is 14.7 Å². The van der Waals surface area contributed by atoms with Crippen LogP contribution in [0.2, 0.25) is 0 Å². The molecule has 2 aliphatic rings.